The SMILES string of the molecule is C.C.CN(C)C/C=C/C(=O)Cc1ccc(NC(=O)c2cccc(Cc3ncc(Cl)c(-c4c[nH]c5ccccc45)n3)c2)cc1.CN(C)C/C=C/C(=O)Nc1ccc(NC(=O)c2cccc(Cc3ncc(Cl)c(-c4c[nH]c5ccccc45)n3)c2)cc1. The second kappa shape index (κ2) is 29.6. The molecule has 10 aromatic rings. The molecule has 0 saturated carbocycles. The van der Waals surface area contributed by atoms with Crippen LogP contribution in [0.2, 0.25) is 10.0 Å². The number of nitrogens with one attached hydrogen (secondary N) is 5. The van der Waals surface area contributed by atoms with Gasteiger partial charge in [-0.05, 0) is 124 Å². The van der Waals surface area contributed by atoms with E-state index in [0.29, 0.717) is 87.1 Å². The quantitative estimate of drug-likeness (QED) is 0.0486. The molecule has 4 heterocycles. The van der Waals surface area contributed by atoms with E-state index < -0.39 is 0 Å². The van der Waals surface area contributed by atoms with Crippen LogP contribution in [0.3, 0.4) is 0 Å². The van der Waals surface area contributed by atoms with Crippen LogP contribution in [0.15, 0.2) is 195 Å². The van der Waals surface area contributed by atoms with Crippen molar-refractivity contribution in [3.63, 3.8) is 0 Å². The number of nitrogens with zero attached hydrogens (tertiary/aromatic N) is 6. The largest absolute Gasteiger partial charge is 0.360 e. The van der Waals surface area contributed by atoms with Gasteiger partial charge in [-0.25, -0.2) is 19.9 Å². The number of H-pyrrole nitrogens is 2. The number of fused-ring (bicyclic) bond motifs is 2. The number of hydrogen-bond donors (Lipinski definition) is 5. The topological polar surface area (TPSA) is 194 Å². The number of likely N-dealkylation sites (N-methyl/N-ethyl adjacent to an activating group) is 2. The molecule has 0 unspecified atom stereocenters. The fraction of sp³-hybridized carbons (Fsp3) is 0.164. The van der Waals surface area contributed by atoms with Gasteiger partial charge >= 0.3 is 0 Å². The van der Waals surface area contributed by atoms with Gasteiger partial charge < -0.3 is 35.7 Å². The predicted octanol–water partition coefficient (Wildman–Crippen LogP) is 13.8. The lowest BCUT2D eigenvalue weighted by Crippen LogP contribution is -2.13. The molecule has 0 atom stereocenters. The minimum atomic E-state index is -0.244. The van der Waals surface area contributed by atoms with Crippen molar-refractivity contribution in [3.05, 3.63) is 244 Å². The van der Waals surface area contributed by atoms with Gasteiger partial charge in [0, 0.05) is 124 Å². The summed E-state index contributed by atoms with van der Waals surface area (Å²) in [5, 5.41) is 11.7. The first-order valence-electron chi connectivity index (χ1n) is 26.3. The monoisotopic (exact) mass is 1160 g/mol. The van der Waals surface area contributed by atoms with Crippen LogP contribution in [0, 0.1) is 0 Å². The number of allylic oxidation sites excluding steroid dienone is 1. The van der Waals surface area contributed by atoms with Crippen molar-refractivity contribution in [2.75, 3.05) is 57.2 Å². The summed E-state index contributed by atoms with van der Waals surface area (Å²) in [4.78, 5) is 79.1. The Morgan fingerprint density at radius 2 is 0.940 bits per heavy atom. The lowest BCUT2D eigenvalue weighted by atomic mass is 10.1. The first kappa shape index (κ1) is 62.2. The van der Waals surface area contributed by atoms with E-state index in [1.54, 1.807) is 60.9 Å². The average molecular weight is 1160 g/mol. The molecule has 3 amide bonds. The van der Waals surface area contributed by atoms with Crippen LogP contribution in [0.1, 0.15) is 63.9 Å². The zero-order chi connectivity index (χ0) is 57.5. The Labute approximate surface area is 499 Å². The van der Waals surface area contributed by atoms with E-state index in [-0.39, 0.29) is 38.4 Å². The van der Waals surface area contributed by atoms with Gasteiger partial charge in [0.15, 0.2) is 5.78 Å². The van der Waals surface area contributed by atoms with E-state index in [9.17, 15) is 19.2 Å². The second-order valence-corrected chi connectivity index (χ2v) is 20.7. The molecule has 0 bridgehead atoms. The fourth-order valence-corrected chi connectivity index (χ4v) is 9.25. The molecule has 0 spiro atoms. The lowest BCUT2D eigenvalue weighted by molar-refractivity contribution is -0.114. The zero-order valence-corrected chi connectivity index (χ0v) is 47.1. The van der Waals surface area contributed by atoms with E-state index in [2.05, 4.69) is 35.9 Å². The molecule has 0 aliphatic heterocycles. The summed E-state index contributed by atoms with van der Waals surface area (Å²) in [5.74, 6) is 0.568. The van der Waals surface area contributed by atoms with Gasteiger partial charge in [-0.1, -0.05) is 123 Å². The third kappa shape index (κ3) is 16.9. The number of para-hydroxylation sites is 2. The first-order valence-corrected chi connectivity index (χ1v) is 27.1. The number of anilines is 3. The van der Waals surface area contributed by atoms with Crippen LogP contribution >= 0.6 is 23.2 Å². The Kier molecular flexibility index (Phi) is 21.9. The standard InChI is InChI=1S/C33H30ClN5O2.C32H29ClN6O2.2CH4/c1-39(2)16-6-9-26(40)18-22-12-14-25(15-13-22)37-33(41)24-8-5-7-23(17-24)19-31-36-21-29(34)32(38-31)28-20-35-30-11-4-3-10-27(28)30;1-39(2)16-6-11-30(40)36-23-12-14-24(15-13-23)37-32(41)22-8-5-7-21(17-22)18-29-35-20-27(33)31(38-29)26-19-34-28-10-4-3-9-25(26)28;;/h3-15,17,20-21,35H,16,18-19H2,1-2H3,(H,37,41);3-15,17,19-20,34H,16,18H2,1-2H3,(H,36,40)(H,37,41);2*1H4/b9-6+;11-6+;;. The normalized spacial score (nSPS) is 11.1. The molecular formula is C67H67Cl2N11O4. The van der Waals surface area contributed by atoms with Crippen molar-refractivity contribution in [2.45, 2.75) is 34.1 Å². The first-order chi connectivity index (χ1) is 39.7. The van der Waals surface area contributed by atoms with Crippen molar-refractivity contribution in [1.29, 1.82) is 0 Å². The number of aromatic nitrogens is 6. The Bertz CT molecular complexity index is 3710. The van der Waals surface area contributed by atoms with E-state index in [4.69, 9.17) is 33.2 Å². The summed E-state index contributed by atoms with van der Waals surface area (Å²) in [6.45, 7) is 1.40. The van der Waals surface area contributed by atoms with Gasteiger partial charge in [0.2, 0.25) is 5.91 Å². The molecule has 0 fully saturated rings. The molecule has 10 rings (SSSR count). The molecular weight excluding hydrogens is 1090 g/mol. The highest BCUT2D eigenvalue weighted by atomic mass is 35.5. The van der Waals surface area contributed by atoms with Gasteiger partial charge in [0.25, 0.3) is 11.8 Å². The Balaban J connectivity index is 0.000000235. The molecule has 428 valence electrons. The van der Waals surface area contributed by atoms with Gasteiger partial charge in [-0.2, -0.15) is 0 Å². The number of halogens is 2. The maximum absolute atomic E-state index is 13.0. The third-order valence-corrected chi connectivity index (χ3v) is 13.4. The van der Waals surface area contributed by atoms with E-state index >= 15 is 0 Å². The van der Waals surface area contributed by atoms with Crippen molar-refractivity contribution >= 4 is 85.6 Å². The minimum Gasteiger partial charge on any atom is -0.360 e. The number of ketones is 1. The van der Waals surface area contributed by atoms with Crippen LogP contribution in [-0.4, -0.2) is 104 Å². The molecule has 0 radical (unpaired) electrons. The molecule has 0 aliphatic rings. The van der Waals surface area contributed by atoms with E-state index in [1.807, 2.05) is 166 Å². The molecule has 0 aliphatic carbocycles. The average Bonchev–Trinajstić information content (AvgIpc) is 3.46. The third-order valence-electron chi connectivity index (χ3n) is 12.9. The van der Waals surface area contributed by atoms with Crippen LogP contribution < -0.4 is 16.0 Å². The summed E-state index contributed by atoms with van der Waals surface area (Å²) in [6, 6.07) is 45.0. The van der Waals surface area contributed by atoms with Gasteiger partial charge in [0.05, 0.1) is 21.4 Å². The van der Waals surface area contributed by atoms with Crippen LogP contribution in [0.25, 0.3) is 44.3 Å². The van der Waals surface area contributed by atoms with Gasteiger partial charge in [-0.3, -0.25) is 19.2 Å². The lowest BCUT2D eigenvalue weighted by Gasteiger charge is -2.09. The molecule has 17 heteroatoms. The smallest absolute Gasteiger partial charge is 0.255 e. The summed E-state index contributed by atoms with van der Waals surface area (Å²) in [5.41, 5.74) is 10.8. The highest BCUT2D eigenvalue weighted by Crippen LogP contribution is 2.34. The van der Waals surface area contributed by atoms with Crippen LogP contribution in [-0.2, 0) is 28.9 Å². The number of carbonyl (C=O) groups excluding carboxylic acids is 4. The number of rotatable bonds is 19. The van der Waals surface area contributed by atoms with Crippen molar-refractivity contribution in [1.82, 2.24) is 39.7 Å². The number of benzene rings is 6. The van der Waals surface area contributed by atoms with Crippen molar-refractivity contribution in [2.24, 2.45) is 0 Å². The summed E-state index contributed by atoms with van der Waals surface area (Å²) in [7, 11) is 7.77. The zero-order valence-electron chi connectivity index (χ0n) is 45.6. The van der Waals surface area contributed by atoms with Crippen molar-refractivity contribution in [3.8, 4) is 22.5 Å². The highest BCUT2D eigenvalue weighted by Gasteiger charge is 2.17. The number of hydrogen-bond acceptors (Lipinski definition) is 10. The number of carbonyl (C=O) groups is 4. The van der Waals surface area contributed by atoms with Crippen LogP contribution in [0.5, 0.6) is 0 Å². The van der Waals surface area contributed by atoms with Crippen LogP contribution in [0.4, 0.5) is 17.1 Å². The van der Waals surface area contributed by atoms with Gasteiger partial charge in [-0.15, -0.1) is 0 Å². The minimum absolute atomic E-state index is 0. The van der Waals surface area contributed by atoms with Gasteiger partial charge in [0.1, 0.15) is 11.6 Å². The number of amides is 3. The molecule has 84 heavy (non-hydrogen) atoms. The predicted molar refractivity (Wildman–Crippen MR) is 342 cm³/mol. The second-order valence-electron chi connectivity index (χ2n) is 19.9. The molecule has 6 aromatic carbocycles. The Morgan fingerprint density at radius 1 is 0.512 bits per heavy atom. The summed E-state index contributed by atoms with van der Waals surface area (Å²) < 4.78 is 0. The summed E-state index contributed by atoms with van der Waals surface area (Å²) in [6.07, 6.45) is 15.0. The van der Waals surface area contributed by atoms with E-state index in [0.717, 1.165) is 56.2 Å². The summed E-state index contributed by atoms with van der Waals surface area (Å²) >= 11 is 13.0. The highest BCUT2D eigenvalue weighted by molar-refractivity contribution is 6.33. The molecule has 15 nitrogen and oxygen atoms in total. The number of aromatic amines is 2. The van der Waals surface area contributed by atoms with E-state index in [1.165, 1.54) is 6.08 Å². The maximum Gasteiger partial charge on any atom is 0.255 e. The maximum atomic E-state index is 13.0. The molecule has 0 saturated heterocycles. The fourth-order valence-electron chi connectivity index (χ4n) is 8.86. The molecule has 5 N–H and O–H groups in total. The van der Waals surface area contributed by atoms with Crippen molar-refractivity contribution < 1.29 is 19.2 Å². The Morgan fingerprint density at radius 3 is 1.40 bits per heavy atom. The molecule has 4 aromatic heterocycles. The Hall–Kier alpha value is -9.38.